The van der Waals surface area contributed by atoms with E-state index < -0.39 is 10.7 Å². The van der Waals surface area contributed by atoms with Gasteiger partial charge < -0.3 is 10.6 Å². The summed E-state index contributed by atoms with van der Waals surface area (Å²) < 4.78 is 13.0. The minimum atomic E-state index is -0.538. The van der Waals surface area contributed by atoms with Gasteiger partial charge in [-0.1, -0.05) is 12.1 Å². The number of hydrogen-bond donors (Lipinski definition) is 2. The predicted octanol–water partition coefficient (Wildman–Crippen LogP) is 5.03. The lowest BCUT2D eigenvalue weighted by molar-refractivity contribution is -0.384. The maximum Gasteiger partial charge on any atom is 0.293 e. The molecular formula is C22H17FN4O3. The van der Waals surface area contributed by atoms with E-state index in [1.54, 1.807) is 24.3 Å². The van der Waals surface area contributed by atoms with Gasteiger partial charge in [0.2, 0.25) is 0 Å². The second-order valence-corrected chi connectivity index (χ2v) is 6.55. The van der Waals surface area contributed by atoms with E-state index in [0.717, 1.165) is 5.56 Å². The molecule has 30 heavy (non-hydrogen) atoms. The third-order valence-corrected chi connectivity index (χ3v) is 4.47. The largest absolute Gasteiger partial charge is 0.373 e. The Labute approximate surface area is 171 Å². The van der Waals surface area contributed by atoms with E-state index in [1.165, 1.54) is 42.5 Å². The molecule has 3 aromatic carbocycles. The maximum atomic E-state index is 13.0. The monoisotopic (exact) mass is 404 g/mol. The van der Waals surface area contributed by atoms with Crippen LogP contribution in [0.2, 0.25) is 0 Å². The number of nitrogens with one attached hydrogen (secondary N) is 2. The Morgan fingerprint density at radius 2 is 1.77 bits per heavy atom. The highest BCUT2D eigenvalue weighted by Crippen LogP contribution is 2.29. The standard InChI is InChI=1S/C22H17FN4O3/c1-14(25-20-11-2-15(13-24)12-21(20)27(29)30)16-5-9-19(10-6-16)26-22(28)17-3-7-18(23)8-4-17/h2-12,14,25H,1H3,(H,26,28). The second-order valence-electron chi connectivity index (χ2n) is 6.55. The number of nitriles is 1. The first-order valence-corrected chi connectivity index (χ1v) is 8.99. The van der Waals surface area contributed by atoms with Crippen molar-refractivity contribution < 1.29 is 14.1 Å². The smallest absolute Gasteiger partial charge is 0.293 e. The zero-order valence-corrected chi connectivity index (χ0v) is 15.9. The Bertz CT molecular complexity index is 1120. The summed E-state index contributed by atoms with van der Waals surface area (Å²) in [5.41, 5.74) is 2.08. The molecule has 1 unspecified atom stereocenters. The van der Waals surface area contributed by atoms with Gasteiger partial charge >= 0.3 is 0 Å². The highest BCUT2D eigenvalue weighted by molar-refractivity contribution is 6.04. The molecule has 8 heteroatoms. The minimum absolute atomic E-state index is 0.177. The number of halogens is 1. The molecule has 0 heterocycles. The molecular weight excluding hydrogens is 387 g/mol. The van der Waals surface area contributed by atoms with E-state index in [1.807, 2.05) is 13.0 Å². The summed E-state index contributed by atoms with van der Waals surface area (Å²) in [5, 5.41) is 26.0. The van der Waals surface area contributed by atoms with E-state index in [0.29, 0.717) is 16.9 Å². The molecule has 1 atom stereocenters. The van der Waals surface area contributed by atoms with Crippen molar-refractivity contribution in [3.05, 3.63) is 99.4 Å². The van der Waals surface area contributed by atoms with Gasteiger partial charge in [0, 0.05) is 23.4 Å². The first-order valence-electron chi connectivity index (χ1n) is 8.99. The van der Waals surface area contributed by atoms with Crippen LogP contribution in [-0.2, 0) is 0 Å². The average molecular weight is 404 g/mol. The van der Waals surface area contributed by atoms with Gasteiger partial charge in [-0.25, -0.2) is 4.39 Å². The van der Waals surface area contributed by atoms with Crippen LogP contribution in [0.25, 0.3) is 0 Å². The summed E-state index contributed by atoms with van der Waals surface area (Å²) in [5.74, 6) is -0.776. The van der Waals surface area contributed by atoms with Crippen LogP contribution >= 0.6 is 0 Å². The number of hydrogen-bond acceptors (Lipinski definition) is 5. The lowest BCUT2D eigenvalue weighted by atomic mass is 10.1. The summed E-state index contributed by atoms with van der Waals surface area (Å²) in [6.45, 7) is 1.84. The Balaban J connectivity index is 1.70. The van der Waals surface area contributed by atoms with Crippen LogP contribution in [0.1, 0.15) is 34.5 Å². The van der Waals surface area contributed by atoms with Crippen molar-refractivity contribution >= 4 is 23.0 Å². The molecule has 1 amide bonds. The van der Waals surface area contributed by atoms with E-state index in [9.17, 15) is 19.3 Å². The number of nitrogens with zero attached hydrogens (tertiary/aromatic N) is 2. The number of nitro benzene ring substituents is 1. The summed E-state index contributed by atoms with van der Waals surface area (Å²) >= 11 is 0. The van der Waals surface area contributed by atoms with Gasteiger partial charge in [0.15, 0.2) is 0 Å². The lowest BCUT2D eigenvalue weighted by Crippen LogP contribution is -2.12. The number of carbonyl (C=O) groups is 1. The van der Waals surface area contributed by atoms with E-state index in [4.69, 9.17) is 5.26 Å². The van der Waals surface area contributed by atoms with E-state index in [2.05, 4.69) is 10.6 Å². The molecule has 0 saturated heterocycles. The van der Waals surface area contributed by atoms with Crippen LogP contribution in [0.15, 0.2) is 66.7 Å². The molecule has 3 rings (SSSR count). The Morgan fingerprint density at radius 3 is 2.37 bits per heavy atom. The van der Waals surface area contributed by atoms with Gasteiger partial charge in [0.1, 0.15) is 11.5 Å². The number of rotatable bonds is 6. The second kappa shape index (κ2) is 8.84. The topological polar surface area (TPSA) is 108 Å². The fourth-order valence-corrected chi connectivity index (χ4v) is 2.85. The molecule has 150 valence electrons. The normalized spacial score (nSPS) is 11.2. The van der Waals surface area contributed by atoms with Crippen LogP contribution in [0, 0.1) is 27.3 Å². The van der Waals surface area contributed by atoms with Crippen molar-refractivity contribution in [2.75, 3.05) is 10.6 Å². The number of benzene rings is 3. The van der Waals surface area contributed by atoms with Gasteiger partial charge in [-0.3, -0.25) is 14.9 Å². The van der Waals surface area contributed by atoms with Crippen molar-refractivity contribution in [1.82, 2.24) is 0 Å². The van der Waals surface area contributed by atoms with Gasteiger partial charge in [-0.15, -0.1) is 0 Å². The molecule has 0 radical (unpaired) electrons. The third-order valence-electron chi connectivity index (χ3n) is 4.47. The van der Waals surface area contributed by atoms with Crippen molar-refractivity contribution in [3.63, 3.8) is 0 Å². The molecule has 0 fully saturated rings. The minimum Gasteiger partial charge on any atom is -0.373 e. The summed E-state index contributed by atoms with van der Waals surface area (Å²) in [6.07, 6.45) is 0. The van der Waals surface area contributed by atoms with Crippen molar-refractivity contribution in [1.29, 1.82) is 5.26 Å². The van der Waals surface area contributed by atoms with E-state index >= 15 is 0 Å². The summed E-state index contributed by atoms with van der Waals surface area (Å²) in [4.78, 5) is 23.0. The van der Waals surface area contributed by atoms with Crippen LogP contribution < -0.4 is 10.6 Å². The summed E-state index contributed by atoms with van der Waals surface area (Å²) in [6, 6.07) is 18.1. The highest BCUT2D eigenvalue weighted by Gasteiger charge is 2.17. The molecule has 3 aromatic rings. The molecule has 0 aromatic heterocycles. The van der Waals surface area contributed by atoms with Gasteiger partial charge in [0.25, 0.3) is 11.6 Å². The molecule has 0 bridgehead atoms. The van der Waals surface area contributed by atoms with Crippen molar-refractivity contribution in [2.24, 2.45) is 0 Å². The number of anilines is 2. The fourth-order valence-electron chi connectivity index (χ4n) is 2.85. The fraction of sp³-hybridized carbons (Fsp3) is 0.0909. The predicted molar refractivity (Wildman–Crippen MR) is 111 cm³/mol. The van der Waals surface area contributed by atoms with Crippen LogP contribution in [0.5, 0.6) is 0 Å². The first-order chi connectivity index (χ1) is 14.4. The average Bonchev–Trinajstić information content (AvgIpc) is 2.74. The zero-order chi connectivity index (χ0) is 21.7. The van der Waals surface area contributed by atoms with Crippen LogP contribution in [-0.4, -0.2) is 10.8 Å². The van der Waals surface area contributed by atoms with Gasteiger partial charge in [-0.2, -0.15) is 5.26 Å². The van der Waals surface area contributed by atoms with Crippen molar-refractivity contribution in [2.45, 2.75) is 13.0 Å². The molecule has 0 aliphatic rings. The Hall–Kier alpha value is -4.25. The van der Waals surface area contributed by atoms with Crippen LogP contribution in [0.3, 0.4) is 0 Å². The third kappa shape index (κ3) is 4.77. The molecule has 2 N–H and O–H groups in total. The molecule has 0 saturated carbocycles. The van der Waals surface area contributed by atoms with E-state index in [-0.39, 0.29) is 23.2 Å². The molecule has 7 nitrogen and oxygen atoms in total. The number of nitro groups is 1. The Kier molecular flexibility index (Phi) is 6.03. The van der Waals surface area contributed by atoms with Gasteiger partial charge in [-0.05, 0) is 61.0 Å². The summed E-state index contributed by atoms with van der Waals surface area (Å²) in [7, 11) is 0. The van der Waals surface area contributed by atoms with Gasteiger partial charge in [0.05, 0.1) is 16.6 Å². The lowest BCUT2D eigenvalue weighted by Gasteiger charge is -2.16. The van der Waals surface area contributed by atoms with Crippen molar-refractivity contribution in [3.8, 4) is 6.07 Å². The number of carbonyl (C=O) groups excluding carboxylic acids is 1. The molecule has 0 aliphatic carbocycles. The molecule has 0 spiro atoms. The molecule has 0 aliphatic heterocycles. The maximum absolute atomic E-state index is 13.0. The quantitative estimate of drug-likeness (QED) is 0.442. The SMILES string of the molecule is CC(Nc1ccc(C#N)cc1[N+](=O)[O-])c1ccc(NC(=O)c2ccc(F)cc2)cc1. The highest BCUT2D eigenvalue weighted by atomic mass is 19.1. The zero-order valence-electron chi connectivity index (χ0n) is 15.9. The number of amides is 1. The first kappa shape index (κ1) is 20.5. The Morgan fingerprint density at radius 1 is 1.10 bits per heavy atom. The van der Waals surface area contributed by atoms with Crippen LogP contribution in [0.4, 0.5) is 21.5 Å².